The molecule has 2 amide bonds. The molecule has 3 N–H and O–H groups in total. The van der Waals surface area contributed by atoms with E-state index in [1.54, 1.807) is 31.4 Å². The molecule has 0 saturated heterocycles. The van der Waals surface area contributed by atoms with E-state index in [0.717, 1.165) is 0 Å². The molecule has 0 radical (unpaired) electrons. The zero-order valence-corrected chi connectivity index (χ0v) is 19.4. The van der Waals surface area contributed by atoms with Gasteiger partial charge in [0.05, 0.1) is 7.11 Å². The van der Waals surface area contributed by atoms with Crippen LogP contribution in [-0.4, -0.2) is 69.9 Å². The summed E-state index contributed by atoms with van der Waals surface area (Å²) in [6, 6.07) is 13.1. The van der Waals surface area contributed by atoms with E-state index in [9.17, 15) is 14.7 Å². The van der Waals surface area contributed by atoms with Crippen LogP contribution < -0.4 is 10.1 Å². The summed E-state index contributed by atoms with van der Waals surface area (Å²) in [6.07, 6.45) is 6.59. The van der Waals surface area contributed by atoms with Crippen molar-refractivity contribution in [3.63, 3.8) is 0 Å². The van der Waals surface area contributed by atoms with Crippen LogP contribution in [0.5, 0.6) is 11.8 Å². The Morgan fingerprint density at radius 3 is 2.22 bits per heavy atom. The lowest BCUT2D eigenvalue weighted by atomic mass is 10.0. The molecule has 10 heteroatoms. The number of nitrogens with zero attached hydrogens (tertiary/aromatic N) is 3. The molecule has 1 aromatic heterocycles. The Balaban J connectivity index is 1.90. The van der Waals surface area contributed by atoms with Crippen molar-refractivity contribution in [3.8, 4) is 11.8 Å². The largest absolute Gasteiger partial charge is 0.497 e. The Bertz CT molecular complexity index is 1090. The maximum Gasteiger partial charge on any atom is 0.333 e. The number of carbonyl (C=O) groups excluding carboxylic acids is 2. The van der Waals surface area contributed by atoms with Gasteiger partial charge in [0.25, 0.3) is 11.8 Å². The first-order valence-electron chi connectivity index (χ1n) is 9.72. The van der Waals surface area contributed by atoms with Crippen molar-refractivity contribution in [1.29, 1.82) is 0 Å². The number of ether oxygens (including phenoxy) is 1. The average Bonchev–Trinajstić information content (AvgIpc) is 3.19. The summed E-state index contributed by atoms with van der Waals surface area (Å²) in [7, 11) is 2.16. The van der Waals surface area contributed by atoms with Gasteiger partial charge in [0.1, 0.15) is 11.8 Å². The van der Waals surface area contributed by atoms with Gasteiger partial charge in [-0.2, -0.15) is 4.98 Å². The van der Waals surface area contributed by atoms with Gasteiger partial charge in [-0.15, -0.1) is 5.10 Å². The number of carbonyl (C=O) groups is 2. The molecule has 3 rings (SSSR count). The Morgan fingerprint density at radius 2 is 1.72 bits per heavy atom. The summed E-state index contributed by atoms with van der Waals surface area (Å²) in [6.45, 7) is 0. The molecule has 170 valence electrons. The third kappa shape index (κ3) is 5.20. The van der Waals surface area contributed by atoms with Gasteiger partial charge in [0, 0.05) is 12.7 Å². The van der Waals surface area contributed by atoms with Gasteiger partial charge >= 0.3 is 6.01 Å². The van der Waals surface area contributed by atoms with E-state index in [4.69, 9.17) is 4.74 Å². The number of hydrogen-bond acceptors (Lipinski definition) is 6. The minimum Gasteiger partial charge on any atom is -0.497 e. The van der Waals surface area contributed by atoms with Crippen LogP contribution in [0.15, 0.2) is 53.4 Å². The Kier molecular flexibility index (Phi) is 6.73. The molecule has 1 unspecified atom stereocenters. The number of aromatic nitrogens is 3. The molecule has 1 atom stereocenters. The van der Waals surface area contributed by atoms with E-state index in [1.165, 1.54) is 16.8 Å². The zero-order valence-electron chi connectivity index (χ0n) is 18.6. The first-order valence-corrected chi connectivity index (χ1v) is 12.6. The van der Waals surface area contributed by atoms with E-state index >= 15 is 0 Å². The van der Waals surface area contributed by atoms with Crippen molar-refractivity contribution in [2.24, 2.45) is 0 Å². The van der Waals surface area contributed by atoms with Gasteiger partial charge in [-0.3, -0.25) is 14.7 Å². The summed E-state index contributed by atoms with van der Waals surface area (Å²) in [4.78, 5) is 32.3. The molecule has 3 aromatic rings. The second kappa shape index (κ2) is 9.31. The third-order valence-corrected chi connectivity index (χ3v) is 6.58. The van der Waals surface area contributed by atoms with Crippen molar-refractivity contribution in [3.05, 3.63) is 59.9 Å². The van der Waals surface area contributed by atoms with Crippen molar-refractivity contribution >= 4 is 27.5 Å². The number of benzene rings is 2. The molecular weight excluding hydrogens is 430 g/mol. The lowest BCUT2D eigenvalue weighted by Gasteiger charge is -2.28. The lowest BCUT2D eigenvalue weighted by molar-refractivity contribution is -0.120. The van der Waals surface area contributed by atoms with Gasteiger partial charge < -0.3 is 20.1 Å². The topological polar surface area (TPSA) is 120 Å². The van der Waals surface area contributed by atoms with E-state index in [1.807, 2.05) is 24.3 Å². The SMILES string of the molecule is COc1ccc(C(C(=O)Nc2ccc(S(C)(C)C)cc2)N(C)C(=O)c2nc(O)n[nH]2)cc1. The summed E-state index contributed by atoms with van der Waals surface area (Å²) in [5, 5.41) is 18.1. The zero-order chi connectivity index (χ0) is 23.5. The van der Waals surface area contributed by atoms with Crippen LogP contribution in [0, 0.1) is 0 Å². The number of amides is 2. The molecule has 1 heterocycles. The summed E-state index contributed by atoms with van der Waals surface area (Å²) >= 11 is 0. The number of aromatic hydroxyl groups is 1. The van der Waals surface area contributed by atoms with E-state index < -0.39 is 33.9 Å². The summed E-state index contributed by atoms with van der Waals surface area (Å²) in [5.74, 6) is -0.540. The van der Waals surface area contributed by atoms with Gasteiger partial charge in [-0.05, 0) is 65.6 Å². The lowest BCUT2D eigenvalue weighted by Crippen LogP contribution is -2.39. The first-order chi connectivity index (χ1) is 15.1. The number of H-pyrrole nitrogens is 1. The highest BCUT2D eigenvalue weighted by molar-refractivity contribution is 8.32. The smallest absolute Gasteiger partial charge is 0.333 e. The quantitative estimate of drug-likeness (QED) is 0.502. The Morgan fingerprint density at radius 1 is 1.09 bits per heavy atom. The molecule has 0 fully saturated rings. The maximum atomic E-state index is 13.3. The number of likely N-dealkylation sites (N-methyl/N-ethyl adjacent to an activating group) is 1. The highest BCUT2D eigenvalue weighted by atomic mass is 32.3. The summed E-state index contributed by atoms with van der Waals surface area (Å²) in [5.41, 5.74) is 1.21. The van der Waals surface area contributed by atoms with Gasteiger partial charge in [-0.25, -0.2) is 10.0 Å². The third-order valence-electron chi connectivity index (χ3n) is 4.89. The molecule has 32 heavy (non-hydrogen) atoms. The van der Waals surface area contributed by atoms with Gasteiger partial charge in [0.15, 0.2) is 0 Å². The average molecular weight is 458 g/mol. The maximum absolute atomic E-state index is 13.3. The highest BCUT2D eigenvalue weighted by Gasteiger charge is 2.31. The van der Waals surface area contributed by atoms with Crippen molar-refractivity contribution in [2.45, 2.75) is 10.9 Å². The van der Waals surface area contributed by atoms with E-state index in [2.05, 4.69) is 39.3 Å². The fourth-order valence-electron chi connectivity index (χ4n) is 3.13. The van der Waals surface area contributed by atoms with Crippen molar-refractivity contribution < 1.29 is 19.4 Å². The van der Waals surface area contributed by atoms with Crippen molar-refractivity contribution in [2.75, 3.05) is 38.2 Å². The molecule has 0 spiro atoms. The number of aromatic amines is 1. The van der Waals surface area contributed by atoms with Crippen molar-refractivity contribution in [1.82, 2.24) is 20.1 Å². The number of methoxy groups -OCH3 is 1. The second-order valence-electron chi connectivity index (χ2n) is 7.93. The number of anilines is 1. The molecular formula is C22H27N5O4S. The monoisotopic (exact) mass is 457 g/mol. The number of nitrogens with one attached hydrogen (secondary N) is 2. The molecule has 0 bridgehead atoms. The minimum atomic E-state index is -0.964. The first kappa shape index (κ1) is 23.1. The van der Waals surface area contributed by atoms with E-state index in [0.29, 0.717) is 17.0 Å². The predicted octanol–water partition coefficient (Wildman–Crippen LogP) is 3.02. The van der Waals surface area contributed by atoms with Crippen LogP contribution in [-0.2, 0) is 4.79 Å². The van der Waals surface area contributed by atoms with Crippen LogP contribution in [0.1, 0.15) is 22.2 Å². The summed E-state index contributed by atoms with van der Waals surface area (Å²) < 4.78 is 5.19. The standard InChI is InChI=1S/C22H27N5O4S/c1-27(21(29)19-24-22(30)26-25-19)18(14-6-10-16(31-2)11-7-14)20(28)23-15-8-12-17(13-9-15)32(3,4)5/h6-13,18H,1-5H3,(H,23,28)(H2,24,25,26,30). The van der Waals surface area contributed by atoms with Crippen LogP contribution in [0.3, 0.4) is 0 Å². The molecule has 0 aliphatic rings. The molecule has 0 aliphatic heterocycles. The molecule has 0 aliphatic carbocycles. The predicted molar refractivity (Wildman–Crippen MR) is 125 cm³/mol. The second-order valence-corrected chi connectivity index (χ2v) is 12.1. The number of rotatable bonds is 7. The van der Waals surface area contributed by atoms with Gasteiger partial charge in [0.2, 0.25) is 5.82 Å². The normalized spacial score (nSPS) is 12.7. The molecule has 9 nitrogen and oxygen atoms in total. The molecule has 2 aromatic carbocycles. The highest BCUT2D eigenvalue weighted by Crippen LogP contribution is 2.45. The fraction of sp³-hybridized carbons (Fsp3) is 0.273. The van der Waals surface area contributed by atoms with Crippen LogP contribution >= 0.6 is 10.0 Å². The minimum absolute atomic E-state index is 0.172. The van der Waals surface area contributed by atoms with E-state index in [-0.39, 0.29) is 5.82 Å². The Hall–Kier alpha value is -3.53. The number of hydrogen-bond donors (Lipinski definition) is 3. The van der Waals surface area contributed by atoms with Crippen LogP contribution in [0.25, 0.3) is 0 Å². The van der Waals surface area contributed by atoms with Gasteiger partial charge in [-0.1, -0.05) is 12.1 Å². The van der Waals surface area contributed by atoms with Crippen LogP contribution in [0.2, 0.25) is 0 Å². The van der Waals surface area contributed by atoms with Crippen LogP contribution in [0.4, 0.5) is 5.69 Å². The Labute approximate surface area is 188 Å². The fourth-order valence-corrected chi connectivity index (χ4v) is 4.08. The molecule has 0 saturated carbocycles.